The van der Waals surface area contributed by atoms with E-state index < -0.39 is 12.6 Å². The van der Waals surface area contributed by atoms with Crippen molar-refractivity contribution in [3.05, 3.63) is 59.3 Å². The molecule has 3 rings (SSSR count). The van der Waals surface area contributed by atoms with Crippen LogP contribution in [0, 0.1) is 0 Å². The van der Waals surface area contributed by atoms with Gasteiger partial charge in [0.1, 0.15) is 5.75 Å². The molecule has 28 heavy (non-hydrogen) atoms. The van der Waals surface area contributed by atoms with Crippen LogP contribution in [0.3, 0.4) is 0 Å². The maximum atomic E-state index is 12.8. The van der Waals surface area contributed by atoms with Crippen LogP contribution in [0.15, 0.2) is 53.2 Å². The first-order valence-electron chi connectivity index (χ1n) is 8.40. The number of cyclic esters (lactones) is 1. The topological polar surface area (TPSA) is 66.3 Å². The van der Waals surface area contributed by atoms with E-state index >= 15 is 0 Å². The molecule has 0 unspecified atom stereocenters. The Bertz CT molecular complexity index is 940. The van der Waals surface area contributed by atoms with Crippen molar-refractivity contribution < 1.29 is 32.5 Å². The molecular formula is C20H17F2NO5. The highest BCUT2D eigenvalue weighted by Gasteiger charge is 2.27. The minimum Gasteiger partial charge on any atom is -0.496 e. The fourth-order valence-electron chi connectivity index (χ4n) is 2.62. The molecule has 1 aliphatic rings. The molecule has 8 heteroatoms. The Morgan fingerprint density at radius 1 is 1.14 bits per heavy atom. The van der Waals surface area contributed by atoms with Gasteiger partial charge in [0.15, 0.2) is 17.2 Å². The van der Waals surface area contributed by atoms with Gasteiger partial charge in [-0.25, -0.2) is 9.79 Å². The summed E-state index contributed by atoms with van der Waals surface area (Å²) in [5, 5.41) is 0. The number of aliphatic imine (C=N–C) groups is 1. The lowest BCUT2D eigenvalue weighted by molar-refractivity contribution is -0.129. The highest BCUT2D eigenvalue weighted by molar-refractivity contribution is 6.13. The van der Waals surface area contributed by atoms with Gasteiger partial charge in [-0.1, -0.05) is 24.3 Å². The summed E-state index contributed by atoms with van der Waals surface area (Å²) < 4.78 is 46.1. The lowest BCUT2D eigenvalue weighted by Crippen LogP contribution is -2.07. The second kappa shape index (κ2) is 8.51. The molecule has 1 heterocycles. The average Bonchev–Trinajstić information content (AvgIpc) is 3.04. The van der Waals surface area contributed by atoms with E-state index in [4.69, 9.17) is 14.2 Å². The number of alkyl halides is 2. The summed E-state index contributed by atoms with van der Waals surface area (Å²) in [6.45, 7) is -1.07. The van der Waals surface area contributed by atoms with Gasteiger partial charge in [0.25, 0.3) is 0 Å². The third-order valence-corrected chi connectivity index (χ3v) is 3.77. The highest BCUT2D eigenvalue weighted by Crippen LogP contribution is 2.35. The van der Waals surface area contributed by atoms with Gasteiger partial charge in [-0.2, -0.15) is 8.78 Å². The zero-order chi connectivity index (χ0) is 20.1. The monoisotopic (exact) mass is 389 g/mol. The van der Waals surface area contributed by atoms with Crippen molar-refractivity contribution in [1.29, 1.82) is 0 Å². The second-order valence-electron chi connectivity index (χ2n) is 5.52. The largest absolute Gasteiger partial charge is 0.496 e. The van der Waals surface area contributed by atoms with Crippen LogP contribution >= 0.6 is 0 Å². The van der Waals surface area contributed by atoms with Gasteiger partial charge in [0.05, 0.1) is 19.3 Å². The third-order valence-electron chi connectivity index (χ3n) is 3.77. The number of esters is 1. The van der Waals surface area contributed by atoms with E-state index in [0.717, 1.165) is 0 Å². The molecule has 6 nitrogen and oxygen atoms in total. The van der Waals surface area contributed by atoms with Crippen LogP contribution in [0.1, 0.15) is 18.1 Å². The van der Waals surface area contributed by atoms with Gasteiger partial charge in [-0.15, -0.1) is 0 Å². The summed E-state index contributed by atoms with van der Waals surface area (Å²) >= 11 is 0. The van der Waals surface area contributed by atoms with Crippen molar-refractivity contribution in [3.63, 3.8) is 0 Å². The number of methoxy groups -OCH3 is 1. The van der Waals surface area contributed by atoms with Crippen molar-refractivity contribution >= 4 is 17.9 Å². The first-order valence-corrected chi connectivity index (χ1v) is 8.40. The Hall–Kier alpha value is -3.42. The highest BCUT2D eigenvalue weighted by atomic mass is 19.3. The number of carbonyl (C=O) groups excluding carboxylic acids is 1. The van der Waals surface area contributed by atoms with E-state index in [1.54, 1.807) is 37.3 Å². The molecule has 0 fully saturated rings. The van der Waals surface area contributed by atoms with Crippen molar-refractivity contribution in [2.75, 3.05) is 13.7 Å². The number of para-hydroxylation sites is 2. The molecule has 2 aromatic carbocycles. The van der Waals surface area contributed by atoms with E-state index in [0.29, 0.717) is 11.3 Å². The van der Waals surface area contributed by atoms with E-state index in [9.17, 15) is 13.6 Å². The van der Waals surface area contributed by atoms with Gasteiger partial charge in [0, 0.05) is 5.56 Å². The maximum Gasteiger partial charge on any atom is 0.387 e. The number of carbonyl (C=O) groups is 1. The Labute approximate surface area is 160 Å². The smallest absolute Gasteiger partial charge is 0.387 e. The molecular weight excluding hydrogens is 372 g/mol. The normalized spacial score (nSPS) is 14.8. The van der Waals surface area contributed by atoms with E-state index in [2.05, 4.69) is 9.73 Å². The van der Waals surface area contributed by atoms with Gasteiger partial charge in [-0.05, 0) is 31.2 Å². The quantitative estimate of drug-likeness (QED) is 0.528. The maximum absolute atomic E-state index is 12.8. The summed E-state index contributed by atoms with van der Waals surface area (Å²) in [6, 6.07) is 11.5. The fraction of sp³-hybridized carbons (Fsp3) is 0.200. The Morgan fingerprint density at radius 3 is 2.61 bits per heavy atom. The third kappa shape index (κ3) is 4.11. The summed E-state index contributed by atoms with van der Waals surface area (Å²) in [7, 11) is 1.49. The minimum atomic E-state index is -3.05. The molecule has 0 N–H and O–H groups in total. The Morgan fingerprint density at radius 2 is 1.89 bits per heavy atom. The molecule has 0 aliphatic carbocycles. The summed E-state index contributed by atoms with van der Waals surface area (Å²) in [5.74, 6) is -0.217. The molecule has 146 valence electrons. The van der Waals surface area contributed by atoms with Gasteiger partial charge < -0.3 is 18.9 Å². The van der Waals surface area contributed by atoms with Crippen LogP contribution in [0.4, 0.5) is 8.78 Å². The summed E-state index contributed by atoms with van der Waals surface area (Å²) in [5.41, 5.74) is 0.644. The standard InChI is InChI=1S/C20H17F2NO5/c1-3-26-16-10-6-7-12(17(16)27-20(21)22)11-14-19(24)28-18(23-14)13-8-4-5-9-15(13)25-2/h4-11,20H,3H2,1-2H3/b14-11-. The Balaban J connectivity index is 2.02. The molecule has 0 spiro atoms. The molecule has 0 aromatic heterocycles. The molecule has 0 atom stereocenters. The van der Waals surface area contributed by atoms with E-state index in [-0.39, 0.29) is 35.3 Å². The zero-order valence-corrected chi connectivity index (χ0v) is 15.1. The first-order chi connectivity index (χ1) is 13.5. The number of nitrogens with zero attached hydrogens (tertiary/aromatic N) is 1. The predicted octanol–water partition coefficient (Wildman–Crippen LogP) is 4.04. The molecule has 0 amide bonds. The van der Waals surface area contributed by atoms with Crippen molar-refractivity contribution in [1.82, 2.24) is 0 Å². The van der Waals surface area contributed by atoms with Crippen molar-refractivity contribution in [3.8, 4) is 17.2 Å². The van der Waals surface area contributed by atoms with Crippen molar-refractivity contribution in [2.24, 2.45) is 4.99 Å². The van der Waals surface area contributed by atoms with Gasteiger partial charge in [0.2, 0.25) is 5.90 Å². The van der Waals surface area contributed by atoms with Crippen LogP contribution in [-0.2, 0) is 9.53 Å². The number of rotatable bonds is 7. The van der Waals surface area contributed by atoms with Gasteiger partial charge in [-0.3, -0.25) is 0 Å². The molecule has 2 aromatic rings. The predicted molar refractivity (Wildman–Crippen MR) is 97.8 cm³/mol. The number of halogens is 2. The molecule has 1 aliphatic heterocycles. The lowest BCUT2D eigenvalue weighted by Gasteiger charge is -2.13. The average molecular weight is 389 g/mol. The SMILES string of the molecule is CCOc1cccc(/C=C2\N=C(c3ccccc3OC)OC2=O)c1OC(F)F. The van der Waals surface area contributed by atoms with Crippen LogP contribution in [0.5, 0.6) is 17.2 Å². The first kappa shape index (κ1) is 19.3. The van der Waals surface area contributed by atoms with E-state index in [1.165, 1.54) is 25.3 Å². The van der Waals surface area contributed by atoms with Crippen molar-refractivity contribution in [2.45, 2.75) is 13.5 Å². The van der Waals surface area contributed by atoms with Crippen LogP contribution in [-0.4, -0.2) is 32.2 Å². The number of hydrogen-bond donors (Lipinski definition) is 0. The number of ether oxygens (including phenoxy) is 4. The van der Waals surface area contributed by atoms with Crippen LogP contribution in [0.25, 0.3) is 6.08 Å². The van der Waals surface area contributed by atoms with Crippen LogP contribution < -0.4 is 14.2 Å². The number of hydrogen-bond acceptors (Lipinski definition) is 6. The van der Waals surface area contributed by atoms with E-state index in [1.807, 2.05) is 0 Å². The fourth-order valence-corrected chi connectivity index (χ4v) is 2.62. The summed E-state index contributed by atoms with van der Waals surface area (Å²) in [6.07, 6.45) is 1.31. The molecule has 0 bridgehead atoms. The lowest BCUT2D eigenvalue weighted by atomic mass is 10.1. The molecule has 0 saturated carbocycles. The second-order valence-corrected chi connectivity index (χ2v) is 5.52. The zero-order valence-electron chi connectivity index (χ0n) is 15.1. The molecule has 0 saturated heterocycles. The Kier molecular flexibility index (Phi) is 5.88. The molecule has 0 radical (unpaired) electrons. The van der Waals surface area contributed by atoms with Gasteiger partial charge >= 0.3 is 12.6 Å². The summed E-state index contributed by atoms with van der Waals surface area (Å²) in [4.78, 5) is 16.4. The number of benzene rings is 2. The van der Waals surface area contributed by atoms with Crippen LogP contribution in [0.2, 0.25) is 0 Å². The minimum absolute atomic E-state index is 0.0611.